The largest absolute Gasteiger partial charge is 0.394 e. The summed E-state index contributed by atoms with van der Waals surface area (Å²) in [7, 11) is 0. The van der Waals surface area contributed by atoms with Crippen LogP contribution in [0.25, 0.3) is 0 Å². The SMILES string of the molecule is O=C(N[C@@H](CO)c1ccccc1)c1cc(Br)ccc1I. The van der Waals surface area contributed by atoms with Crippen LogP contribution in [-0.2, 0) is 0 Å². The van der Waals surface area contributed by atoms with Crippen molar-refractivity contribution in [3.05, 3.63) is 67.7 Å². The molecule has 2 aromatic rings. The van der Waals surface area contributed by atoms with Crippen molar-refractivity contribution in [3.63, 3.8) is 0 Å². The van der Waals surface area contributed by atoms with Gasteiger partial charge in [-0.1, -0.05) is 46.3 Å². The maximum absolute atomic E-state index is 12.3. The number of carbonyl (C=O) groups excluding carboxylic acids is 1. The molecule has 5 heteroatoms. The average Bonchev–Trinajstić information content (AvgIpc) is 2.48. The summed E-state index contributed by atoms with van der Waals surface area (Å²) in [5.41, 5.74) is 1.47. The monoisotopic (exact) mass is 445 g/mol. The van der Waals surface area contributed by atoms with Gasteiger partial charge in [0.2, 0.25) is 0 Å². The highest BCUT2D eigenvalue weighted by Crippen LogP contribution is 2.20. The fraction of sp³-hybridized carbons (Fsp3) is 0.133. The second kappa shape index (κ2) is 7.19. The molecule has 0 aromatic heterocycles. The Bertz CT molecular complexity index is 604. The number of nitrogens with one attached hydrogen (secondary N) is 1. The third kappa shape index (κ3) is 3.80. The van der Waals surface area contributed by atoms with E-state index >= 15 is 0 Å². The third-order valence-electron chi connectivity index (χ3n) is 2.86. The van der Waals surface area contributed by atoms with Crippen LogP contribution >= 0.6 is 38.5 Å². The van der Waals surface area contributed by atoms with Crippen molar-refractivity contribution in [2.75, 3.05) is 6.61 Å². The van der Waals surface area contributed by atoms with Crippen molar-refractivity contribution in [2.24, 2.45) is 0 Å². The minimum Gasteiger partial charge on any atom is -0.394 e. The predicted molar refractivity (Wildman–Crippen MR) is 90.6 cm³/mol. The van der Waals surface area contributed by atoms with Crippen molar-refractivity contribution < 1.29 is 9.90 Å². The summed E-state index contributed by atoms with van der Waals surface area (Å²) in [5.74, 6) is -0.196. The zero-order chi connectivity index (χ0) is 14.5. The summed E-state index contributed by atoms with van der Waals surface area (Å²) in [6, 6.07) is 14.6. The maximum atomic E-state index is 12.3. The summed E-state index contributed by atoms with van der Waals surface area (Å²) in [5, 5.41) is 12.3. The van der Waals surface area contributed by atoms with Gasteiger partial charge >= 0.3 is 0 Å². The standard InChI is InChI=1S/C15H13BrINO2/c16-11-6-7-13(17)12(8-11)15(20)18-14(9-19)10-4-2-1-3-5-10/h1-8,14,19H,9H2,(H,18,20)/t14-/m0/s1. The van der Waals surface area contributed by atoms with Crippen LogP contribution in [0.15, 0.2) is 53.0 Å². The normalized spacial score (nSPS) is 11.9. The molecule has 0 aliphatic rings. The number of carbonyl (C=O) groups is 1. The van der Waals surface area contributed by atoms with Gasteiger partial charge in [-0.15, -0.1) is 0 Å². The Kier molecular flexibility index (Phi) is 5.56. The minimum atomic E-state index is -0.404. The summed E-state index contributed by atoms with van der Waals surface area (Å²) in [6.07, 6.45) is 0. The van der Waals surface area contributed by atoms with Crippen LogP contribution in [0.1, 0.15) is 22.0 Å². The van der Waals surface area contributed by atoms with Gasteiger partial charge in [0, 0.05) is 8.04 Å². The molecular formula is C15H13BrINO2. The average molecular weight is 446 g/mol. The molecule has 2 N–H and O–H groups in total. The topological polar surface area (TPSA) is 49.3 Å². The lowest BCUT2D eigenvalue weighted by Crippen LogP contribution is -2.31. The van der Waals surface area contributed by atoms with Crippen molar-refractivity contribution in [1.82, 2.24) is 5.32 Å². The molecule has 1 amide bonds. The van der Waals surface area contributed by atoms with Gasteiger partial charge in [0.25, 0.3) is 5.91 Å². The molecule has 2 rings (SSSR count). The molecule has 0 unspecified atom stereocenters. The third-order valence-corrected chi connectivity index (χ3v) is 4.30. The Morgan fingerprint density at radius 2 is 1.95 bits per heavy atom. The molecule has 0 radical (unpaired) electrons. The number of benzene rings is 2. The van der Waals surface area contributed by atoms with Crippen LogP contribution < -0.4 is 5.32 Å². The highest BCUT2D eigenvalue weighted by Gasteiger charge is 2.16. The number of amides is 1. The van der Waals surface area contributed by atoms with Crippen LogP contribution in [0.4, 0.5) is 0 Å². The molecule has 3 nitrogen and oxygen atoms in total. The van der Waals surface area contributed by atoms with Gasteiger partial charge in [0.05, 0.1) is 18.2 Å². The highest BCUT2D eigenvalue weighted by atomic mass is 127. The number of hydrogen-bond donors (Lipinski definition) is 2. The Labute approximate surface area is 139 Å². The van der Waals surface area contributed by atoms with E-state index in [0.29, 0.717) is 5.56 Å². The smallest absolute Gasteiger partial charge is 0.252 e. The molecule has 2 aromatic carbocycles. The molecule has 0 heterocycles. The number of hydrogen-bond acceptors (Lipinski definition) is 2. The lowest BCUT2D eigenvalue weighted by Gasteiger charge is -2.17. The van der Waals surface area contributed by atoms with Crippen LogP contribution in [0.2, 0.25) is 0 Å². The molecule has 0 spiro atoms. The fourth-order valence-corrected chi connectivity index (χ4v) is 2.77. The van der Waals surface area contributed by atoms with Gasteiger partial charge in [-0.2, -0.15) is 0 Å². The van der Waals surface area contributed by atoms with Crippen LogP contribution in [0.5, 0.6) is 0 Å². The second-order valence-corrected chi connectivity index (χ2v) is 6.32. The van der Waals surface area contributed by atoms with E-state index < -0.39 is 6.04 Å². The Balaban J connectivity index is 2.20. The van der Waals surface area contributed by atoms with E-state index in [1.54, 1.807) is 6.07 Å². The van der Waals surface area contributed by atoms with E-state index in [4.69, 9.17) is 0 Å². The Morgan fingerprint density at radius 3 is 2.60 bits per heavy atom. The quantitative estimate of drug-likeness (QED) is 0.707. The maximum Gasteiger partial charge on any atom is 0.252 e. The number of aliphatic hydroxyl groups is 1. The first-order chi connectivity index (χ1) is 9.61. The lowest BCUT2D eigenvalue weighted by atomic mass is 10.1. The summed E-state index contributed by atoms with van der Waals surface area (Å²) in [6.45, 7) is -0.139. The van der Waals surface area contributed by atoms with E-state index in [2.05, 4.69) is 43.8 Å². The van der Waals surface area contributed by atoms with Gasteiger partial charge < -0.3 is 10.4 Å². The summed E-state index contributed by atoms with van der Waals surface area (Å²) in [4.78, 5) is 12.3. The zero-order valence-corrected chi connectivity index (χ0v) is 14.3. The van der Waals surface area contributed by atoms with Crippen molar-refractivity contribution in [2.45, 2.75) is 6.04 Å². The summed E-state index contributed by atoms with van der Waals surface area (Å²) >= 11 is 5.48. The van der Waals surface area contributed by atoms with Crippen LogP contribution in [0, 0.1) is 3.57 Å². The molecule has 1 atom stereocenters. The molecule has 0 fully saturated rings. The first-order valence-electron chi connectivity index (χ1n) is 6.03. The molecule has 0 aliphatic heterocycles. The Morgan fingerprint density at radius 1 is 1.25 bits per heavy atom. The van der Waals surface area contributed by atoms with E-state index in [9.17, 15) is 9.90 Å². The highest BCUT2D eigenvalue weighted by molar-refractivity contribution is 14.1. The molecular weight excluding hydrogens is 433 g/mol. The van der Waals surface area contributed by atoms with Gasteiger partial charge in [-0.3, -0.25) is 4.79 Å². The van der Waals surface area contributed by atoms with Gasteiger partial charge in [-0.05, 0) is 46.4 Å². The first kappa shape index (κ1) is 15.5. The van der Waals surface area contributed by atoms with E-state index in [-0.39, 0.29) is 12.5 Å². The Hall–Kier alpha value is -0.920. The van der Waals surface area contributed by atoms with Crippen molar-refractivity contribution >= 4 is 44.4 Å². The summed E-state index contributed by atoms with van der Waals surface area (Å²) < 4.78 is 1.72. The molecule has 0 aliphatic carbocycles. The van der Waals surface area contributed by atoms with Crippen LogP contribution in [0.3, 0.4) is 0 Å². The van der Waals surface area contributed by atoms with E-state index in [0.717, 1.165) is 13.6 Å². The first-order valence-corrected chi connectivity index (χ1v) is 7.90. The van der Waals surface area contributed by atoms with E-state index in [1.807, 2.05) is 42.5 Å². The molecule has 0 bridgehead atoms. The molecule has 104 valence electrons. The minimum absolute atomic E-state index is 0.139. The van der Waals surface area contributed by atoms with Crippen LogP contribution in [-0.4, -0.2) is 17.6 Å². The second-order valence-electron chi connectivity index (χ2n) is 4.24. The van der Waals surface area contributed by atoms with Gasteiger partial charge in [0.1, 0.15) is 0 Å². The predicted octanol–water partition coefficient (Wildman–Crippen LogP) is 3.52. The zero-order valence-electron chi connectivity index (χ0n) is 10.5. The van der Waals surface area contributed by atoms with Gasteiger partial charge in [0.15, 0.2) is 0 Å². The number of rotatable bonds is 4. The lowest BCUT2D eigenvalue weighted by molar-refractivity contribution is 0.0915. The molecule has 20 heavy (non-hydrogen) atoms. The van der Waals surface area contributed by atoms with E-state index in [1.165, 1.54) is 0 Å². The fourth-order valence-electron chi connectivity index (χ4n) is 1.83. The van der Waals surface area contributed by atoms with Crippen molar-refractivity contribution in [3.8, 4) is 0 Å². The molecule has 0 saturated heterocycles. The van der Waals surface area contributed by atoms with Gasteiger partial charge in [-0.25, -0.2) is 0 Å². The number of aliphatic hydroxyl groups excluding tert-OH is 1. The number of halogens is 2. The van der Waals surface area contributed by atoms with Crippen molar-refractivity contribution in [1.29, 1.82) is 0 Å². The molecule has 0 saturated carbocycles.